The van der Waals surface area contributed by atoms with E-state index >= 15 is 0 Å². The molecule has 1 amide bonds. The number of ether oxygens (including phenoxy) is 2. The van der Waals surface area contributed by atoms with Crippen molar-refractivity contribution < 1.29 is 14.3 Å². The molecule has 1 aromatic heterocycles. The number of aromatic nitrogens is 2. The molecule has 0 aliphatic rings. The van der Waals surface area contributed by atoms with Gasteiger partial charge in [0.2, 0.25) is 5.13 Å². The van der Waals surface area contributed by atoms with Gasteiger partial charge in [0, 0.05) is 5.02 Å². The van der Waals surface area contributed by atoms with Gasteiger partial charge in [-0.05, 0) is 43.3 Å². The minimum atomic E-state index is -0.296. The molecule has 0 atom stereocenters. The lowest BCUT2D eigenvalue weighted by Gasteiger charge is -2.08. The number of nitrogens with zero attached hydrogens (tertiary/aromatic N) is 2. The average Bonchev–Trinajstić information content (AvgIpc) is 3.09. The van der Waals surface area contributed by atoms with Crippen molar-refractivity contribution >= 4 is 34.0 Å². The summed E-state index contributed by atoms with van der Waals surface area (Å²) in [5, 5.41) is 12.4. The number of para-hydroxylation sites is 1. The lowest BCUT2D eigenvalue weighted by molar-refractivity contribution is 0.102. The molecule has 0 unspecified atom stereocenters. The molecule has 1 N–H and O–H groups in total. The number of halogens is 1. The van der Waals surface area contributed by atoms with Crippen molar-refractivity contribution in [2.45, 2.75) is 13.5 Å². The SMILES string of the molecule is CCOc1ccccc1C(=O)Nc1nnc(COc2ccc(Cl)cc2)s1. The fourth-order valence-electron chi connectivity index (χ4n) is 2.14. The van der Waals surface area contributed by atoms with Crippen LogP contribution in [0.2, 0.25) is 5.02 Å². The van der Waals surface area contributed by atoms with Crippen LogP contribution in [0, 0.1) is 0 Å². The highest BCUT2D eigenvalue weighted by Crippen LogP contribution is 2.22. The minimum absolute atomic E-state index is 0.255. The third kappa shape index (κ3) is 4.71. The maximum absolute atomic E-state index is 12.4. The Morgan fingerprint density at radius 1 is 1.12 bits per heavy atom. The summed E-state index contributed by atoms with van der Waals surface area (Å²) >= 11 is 7.09. The Balaban J connectivity index is 1.61. The molecule has 0 radical (unpaired) electrons. The fourth-order valence-corrected chi connectivity index (χ4v) is 2.91. The molecule has 3 rings (SSSR count). The van der Waals surface area contributed by atoms with Gasteiger partial charge in [-0.25, -0.2) is 0 Å². The van der Waals surface area contributed by atoms with Crippen LogP contribution in [0.5, 0.6) is 11.5 Å². The zero-order chi connectivity index (χ0) is 18.4. The Morgan fingerprint density at radius 3 is 2.65 bits per heavy atom. The quantitative estimate of drug-likeness (QED) is 0.647. The van der Waals surface area contributed by atoms with Crippen molar-refractivity contribution in [1.29, 1.82) is 0 Å². The number of rotatable bonds is 7. The van der Waals surface area contributed by atoms with Gasteiger partial charge in [0.05, 0.1) is 12.2 Å². The van der Waals surface area contributed by atoms with Crippen LogP contribution in [0.15, 0.2) is 48.5 Å². The van der Waals surface area contributed by atoms with Crippen molar-refractivity contribution in [1.82, 2.24) is 10.2 Å². The first-order chi connectivity index (χ1) is 12.7. The zero-order valence-electron chi connectivity index (χ0n) is 13.9. The molecule has 0 aliphatic heterocycles. The van der Waals surface area contributed by atoms with Crippen molar-refractivity contribution in [2.75, 3.05) is 11.9 Å². The van der Waals surface area contributed by atoms with Crippen molar-refractivity contribution in [3.63, 3.8) is 0 Å². The number of nitrogens with one attached hydrogen (secondary N) is 1. The van der Waals surface area contributed by atoms with E-state index in [2.05, 4.69) is 15.5 Å². The molecule has 134 valence electrons. The summed E-state index contributed by atoms with van der Waals surface area (Å²) in [4.78, 5) is 12.4. The summed E-state index contributed by atoms with van der Waals surface area (Å²) in [6.45, 7) is 2.60. The molecule has 0 bridgehead atoms. The molecule has 2 aromatic carbocycles. The van der Waals surface area contributed by atoms with E-state index in [1.807, 2.05) is 13.0 Å². The van der Waals surface area contributed by atoms with Crippen LogP contribution in [-0.4, -0.2) is 22.7 Å². The number of anilines is 1. The molecule has 3 aromatic rings. The topological polar surface area (TPSA) is 73.3 Å². The third-order valence-corrected chi connectivity index (χ3v) is 4.36. The van der Waals surface area contributed by atoms with Crippen LogP contribution in [-0.2, 0) is 6.61 Å². The molecule has 0 saturated carbocycles. The van der Waals surface area contributed by atoms with Gasteiger partial charge in [0.15, 0.2) is 5.01 Å². The van der Waals surface area contributed by atoms with E-state index in [4.69, 9.17) is 21.1 Å². The lowest BCUT2D eigenvalue weighted by atomic mass is 10.2. The summed E-state index contributed by atoms with van der Waals surface area (Å²) in [5.41, 5.74) is 0.448. The first-order valence-electron chi connectivity index (χ1n) is 7.89. The molecule has 6 nitrogen and oxygen atoms in total. The van der Waals surface area contributed by atoms with Crippen LogP contribution < -0.4 is 14.8 Å². The van der Waals surface area contributed by atoms with E-state index in [0.717, 1.165) is 0 Å². The lowest BCUT2D eigenvalue weighted by Crippen LogP contribution is -2.13. The summed E-state index contributed by atoms with van der Waals surface area (Å²) in [6.07, 6.45) is 0. The molecule has 0 spiro atoms. The molecular weight excluding hydrogens is 374 g/mol. The summed E-state index contributed by atoms with van der Waals surface area (Å²) in [5.74, 6) is 0.916. The van der Waals surface area contributed by atoms with E-state index in [1.165, 1.54) is 11.3 Å². The van der Waals surface area contributed by atoms with Crippen LogP contribution in [0.4, 0.5) is 5.13 Å². The van der Waals surface area contributed by atoms with Crippen LogP contribution in [0.25, 0.3) is 0 Å². The maximum Gasteiger partial charge on any atom is 0.261 e. The summed E-state index contributed by atoms with van der Waals surface area (Å²) < 4.78 is 11.1. The number of benzene rings is 2. The highest BCUT2D eigenvalue weighted by Gasteiger charge is 2.14. The second-order valence-corrected chi connectivity index (χ2v) is 6.63. The second-order valence-electron chi connectivity index (χ2n) is 5.13. The number of amides is 1. The molecule has 8 heteroatoms. The smallest absolute Gasteiger partial charge is 0.261 e. The monoisotopic (exact) mass is 389 g/mol. The van der Waals surface area contributed by atoms with Gasteiger partial charge in [0.25, 0.3) is 5.91 Å². The van der Waals surface area contributed by atoms with Gasteiger partial charge >= 0.3 is 0 Å². The van der Waals surface area contributed by atoms with Crippen LogP contribution >= 0.6 is 22.9 Å². The Kier molecular flexibility index (Phi) is 6.04. The number of hydrogen-bond acceptors (Lipinski definition) is 6. The van der Waals surface area contributed by atoms with E-state index in [-0.39, 0.29) is 12.5 Å². The number of carbonyl (C=O) groups is 1. The molecular formula is C18H16ClN3O3S. The molecule has 0 fully saturated rings. The molecule has 1 heterocycles. The van der Waals surface area contributed by atoms with Crippen molar-refractivity contribution in [3.8, 4) is 11.5 Å². The first kappa shape index (κ1) is 18.2. The van der Waals surface area contributed by atoms with Gasteiger partial charge in [-0.15, -0.1) is 10.2 Å². The molecule has 0 aliphatic carbocycles. The molecule has 0 saturated heterocycles. The summed E-state index contributed by atoms with van der Waals surface area (Å²) in [7, 11) is 0. The molecule has 26 heavy (non-hydrogen) atoms. The van der Waals surface area contributed by atoms with E-state index < -0.39 is 0 Å². The van der Waals surface area contributed by atoms with Crippen LogP contribution in [0.3, 0.4) is 0 Å². The maximum atomic E-state index is 12.4. The highest BCUT2D eigenvalue weighted by atomic mass is 35.5. The van der Waals surface area contributed by atoms with Gasteiger partial charge < -0.3 is 9.47 Å². The third-order valence-electron chi connectivity index (χ3n) is 3.29. The Labute approximate surface area is 159 Å². The zero-order valence-corrected chi connectivity index (χ0v) is 15.5. The normalized spacial score (nSPS) is 10.4. The Hall–Kier alpha value is -2.64. The highest BCUT2D eigenvalue weighted by molar-refractivity contribution is 7.15. The van der Waals surface area contributed by atoms with Crippen molar-refractivity contribution in [3.05, 3.63) is 64.1 Å². The largest absolute Gasteiger partial charge is 0.493 e. The number of carbonyl (C=O) groups excluding carboxylic acids is 1. The second kappa shape index (κ2) is 8.64. The standard InChI is InChI=1S/C18H16ClN3O3S/c1-2-24-15-6-4-3-5-14(15)17(23)20-18-22-21-16(26-18)11-25-13-9-7-12(19)8-10-13/h3-10H,2,11H2,1H3,(H,20,22,23). The van der Waals surface area contributed by atoms with E-state index in [1.54, 1.807) is 42.5 Å². The Morgan fingerprint density at radius 2 is 1.88 bits per heavy atom. The van der Waals surface area contributed by atoms with Gasteiger partial charge in [-0.1, -0.05) is 35.1 Å². The first-order valence-corrected chi connectivity index (χ1v) is 9.09. The predicted octanol–water partition coefficient (Wildman–Crippen LogP) is 4.42. The minimum Gasteiger partial charge on any atom is -0.493 e. The van der Waals surface area contributed by atoms with E-state index in [0.29, 0.717) is 38.8 Å². The average molecular weight is 390 g/mol. The van der Waals surface area contributed by atoms with Crippen LogP contribution in [0.1, 0.15) is 22.3 Å². The van der Waals surface area contributed by atoms with Gasteiger partial charge in [0.1, 0.15) is 18.1 Å². The Bertz CT molecular complexity index is 883. The van der Waals surface area contributed by atoms with Gasteiger partial charge in [-0.2, -0.15) is 0 Å². The predicted molar refractivity (Wildman–Crippen MR) is 101 cm³/mol. The van der Waals surface area contributed by atoms with E-state index in [9.17, 15) is 4.79 Å². The van der Waals surface area contributed by atoms with Crippen molar-refractivity contribution in [2.24, 2.45) is 0 Å². The fraction of sp³-hybridized carbons (Fsp3) is 0.167. The summed E-state index contributed by atoms with van der Waals surface area (Å²) in [6, 6.07) is 14.1. The van der Waals surface area contributed by atoms with Gasteiger partial charge in [-0.3, -0.25) is 10.1 Å². The number of hydrogen-bond donors (Lipinski definition) is 1.